The van der Waals surface area contributed by atoms with Crippen LogP contribution in [-0.2, 0) is 9.53 Å². The minimum atomic E-state index is -0.388. The first-order valence-electron chi connectivity index (χ1n) is 10.1. The molecule has 0 aromatic heterocycles. The van der Waals surface area contributed by atoms with E-state index < -0.39 is 0 Å². The molecule has 1 aliphatic heterocycles. The molecule has 2 fully saturated rings. The van der Waals surface area contributed by atoms with E-state index >= 15 is 0 Å². The van der Waals surface area contributed by atoms with Gasteiger partial charge in [0.25, 0.3) is 0 Å². The van der Waals surface area contributed by atoms with Gasteiger partial charge in [0.05, 0.1) is 5.92 Å². The van der Waals surface area contributed by atoms with E-state index in [1.54, 1.807) is 0 Å². The number of carbonyl (C=O) groups is 1. The molecule has 1 aromatic rings. The molecule has 138 valence electrons. The molecule has 1 N–H and O–H groups in total. The Kier molecular flexibility index (Phi) is 6.16. The Morgan fingerprint density at radius 2 is 1.68 bits per heavy atom. The van der Waals surface area contributed by atoms with Crippen LogP contribution in [0.2, 0.25) is 0 Å². The number of benzene rings is 1. The van der Waals surface area contributed by atoms with E-state index in [4.69, 9.17) is 4.74 Å². The zero-order valence-electron chi connectivity index (χ0n) is 15.8. The van der Waals surface area contributed by atoms with E-state index in [-0.39, 0.29) is 17.5 Å². The van der Waals surface area contributed by atoms with Crippen molar-refractivity contribution in [1.82, 2.24) is 5.32 Å². The van der Waals surface area contributed by atoms with Crippen LogP contribution in [0.15, 0.2) is 30.3 Å². The fraction of sp³-hybridized carbons (Fsp3) is 0.682. The lowest BCUT2D eigenvalue weighted by molar-refractivity contribution is -0.166. The van der Waals surface area contributed by atoms with Gasteiger partial charge in [-0.15, -0.1) is 0 Å². The third-order valence-corrected chi connectivity index (χ3v) is 6.22. The van der Waals surface area contributed by atoms with E-state index in [9.17, 15) is 4.79 Å². The van der Waals surface area contributed by atoms with Gasteiger partial charge in [0.1, 0.15) is 5.60 Å². The first kappa shape index (κ1) is 18.4. The highest BCUT2D eigenvalue weighted by molar-refractivity contribution is 5.79. The zero-order chi connectivity index (χ0) is 17.7. The van der Waals surface area contributed by atoms with Gasteiger partial charge in [-0.05, 0) is 64.1 Å². The topological polar surface area (TPSA) is 38.3 Å². The SMILES string of the molecule is CC(C)(OC(=O)C(c1ccccc1)C1CCCCC1)C1CCNCC1. The lowest BCUT2D eigenvalue weighted by Gasteiger charge is -2.39. The lowest BCUT2D eigenvalue weighted by Crippen LogP contribution is -2.44. The summed E-state index contributed by atoms with van der Waals surface area (Å²) in [6, 6.07) is 10.3. The number of hydrogen-bond acceptors (Lipinski definition) is 3. The maximum absolute atomic E-state index is 13.3. The number of nitrogens with one attached hydrogen (secondary N) is 1. The summed E-state index contributed by atoms with van der Waals surface area (Å²) in [5.41, 5.74) is 0.737. The summed E-state index contributed by atoms with van der Waals surface area (Å²) < 4.78 is 6.18. The fourth-order valence-corrected chi connectivity index (χ4v) is 4.65. The summed E-state index contributed by atoms with van der Waals surface area (Å²) in [5, 5.41) is 3.40. The Morgan fingerprint density at radius 1 is 1.04 bits per heavy atom. The van der Waals surface area contributed by atoms with Crippen LogP contribution in [0.3, 0.4) is 0 Å². The van der Waals surface area contributed by atoms with Crippen LogP contribution in [0.4, 0.5) is 0 Å². The van der Waals surface area contributed by atoms with Crippen LogP contribution in [0, 0.1) is 11.8 Å². The maximum atomic E-state index is 13.3. The molecule has 3 rings (SSSR count). The average Bonchev–Trinajstić information content (AvgIpc) is 2.64. The van der Waals surface area contributed by atoms with E-state index in [0.717, 1.165) is 44.3 Å². The summed E-state index contributed by atoms with van der Waals surface area (Å²) in [6.07, 6.45) is 8.22. The third kappa shape index (κ3) is 4.63. The number of esters is 1. The molecular formula is C22H33NO2. The summed E-state index contributed by atoms with van der Waals surface area (Å²) >= 11 is 0. The van der Waals surface area contributed by atoms with Gasteiger partial charge >= 0.3 is 5.97 Å². The minimum Gasteiger partial charge on any atom is -0.459 e. The number of carbonyl (C=O) groups excluding carboxylic acids is 1. The van der Waals surface area contributed by atoms with Crippen LogP contribution in [0.25, 0.3) is 0 Å². The van der Waals surface area contributed by atoms with Crippen molar-refractivity contribution in [3.63, 3.8) is 0 Å². The Morgan fingerprint density at radius 3 is 2.32 bits per heavy atom. The molecule has 3 heteroatoms. The monoisotopic (exact) mass is 343 g/mol. The fourth-order valence-electron chi connectivity index (χ4n) is 4.65. The minimum absolute atomic E-state index is 0.0124. The number of piperidine rings is 1. The Hall–Kier alpha value is -1.35. The Labute approximate surface area is 152 Å². The van der Waals surface area contributed by atoms with E-state index in [1.807, 2.05) is 18.2 Å². The second-order valence-corrected chi connectivity index (χ2v) is 8.34. The molecule has 1 saturated heterocycles. The Balaban J connectivity index is 1.76. The zero-order valence-corrected chi connectivity index (χ0v) is 15.8. The highest BCUT2D eigenvalue weighted by Gasteiger charge is 2.39. The summed E-state index contributed by atoms with van der Waals surface area (Å²) in [5.74, 6) is 0.747. The molecular weight excluding hydrogens is 310 g/mol. The number of rotatable bonds is 5. The summed E-state index contributed by atoms with van der Waals surface area (Å²) in [6.45, 7) is 6.25. The van der Waals surface area contributed by atoms with E-state index in [1.165, 1.54) is 19.3 Å². The van der Waals surface area contributed by atoms with Crippen molar-refractivity contribution >= 4 is 5.97 Å². The molecule has 1 unspecified atom stereocenters. The van der Waals surface area contributed by atoms with Crippen LogP contribution < -0.4 is 5.32 Å². The maximum Gasteiger partial charge on any atom is 0.314 e. The molecule has 25 heavy (non-hydrogen) atoms. The third-order valence-electron chi connectivity index (χ3n) is 6.22. The molecule has 1 aromatic carbocycles. The van der Waals surface area contributed by atoms with Crippen molar-refractivity contribution in [2.45, 2.75) is 70.3 Å². The standard InChI is InChI=1S/C22H33NO2/c1-22(2,19-13-15-23-16-14-19)25-21(24)20(17-9-5-3-6-10-17)18-11-7-4-8-12-18/h3,5-6,9-10,18-20,23H,4,7-8,11-16H2,1-2H3. The molecule has 1 aliphatic carbocycles. The van der Waals surface area contributed by atoms with Crippen LogP contribution in [0.5, 0.6) is 0 Å². The molecule has 0 spiro atoms. The molecule has 0 bridgehead atoms. The van der Waals surface area contributed by atoms with Crippen molar-refractivity contribution in [3.05, 3.63) is 35.9 Å². The van der Waals surface area contributed by atoms with Crippen LogP contribution in [-0.4, -0.2) is 24.7 Å². The Bertz CT molecular complexity index is 542. The molecule has 0 radical (unpaired) electrons. The van der Waals surface area contributed by atoms with E-state index in [0.29, 0.717) is 11.8 Å². The van der Waals surface area contributed by atoms with Gasteiger partial charge in [0.15, 0.2) is 0 Å². The second kappa shape index (κ2) is 8.35. The van der Waals surface area contributed by atoms with Crippen LogP contribution >= 0.6 is 0 Å². The molecule has 0 amide bonds. The van der Waals surface area contributed by atoms with Crippen molar-refractivity contribution in [3.8, 4) is 0 Å². The van der Waals surface area contributed by atoms with Crippen molar-refractivity contribution in [2.24, 2.45) is 11.8 Å². The van der Waals surface area contributed by atoms with Gasteiger partial charge in [-0.3, -0.25) is 4.79 Å². The van der Waals surface area contributed by atoms with Gasteiger partial charge < -0.3 is 10.1 Å². The van der Waals surface area contributed by atoms with Gasteiger partial charge in [-0.2, -0.15) is 0 Å². The molecule has 1 saturated carbocycles. The second-order valence-electron chi connectivity index (χ2n) is 8.34. The lowest BCUT2D eigenvalue weighted by atomic mass is 9.76. The predicted octanol–water partition coefficient (Wildman–Crippen LogP) is 4.67. The van der Waals surface area contributed by atoms with Gasteiger partial charge in [0, 0.05) is 5.92 Å². The number of ether oxygens (including phenoxy) is 1. The highest BCUT2D eigenvalue weighted by Crippen LogP contribution is 2.39. The molecule has 2 aliphatic rings. The van der Waals surface area contributed by atoms with Gasteiger partial charge in [0.2, 0.25) is 0 Å². The molecule has 1 heterocycles. The quantitative estimate of drug-likeness (QED) is 0.790. The first-order chi connectivity index (χ1) is 12.1. The summed E-state index contributed by atoms with van der Waals surface area (Å²) in [4.78, 5) is 13.3. The van der Waals surface area contributed by atoms with Gasteiger partial charge in [-0.1, -0.05) is 49.6 Å². The van der Waals surface area contributed by atoms with E-state index in [2.05, 4.69) is 31.3 Å². The molecule has 1 atom stereocenters. The average molecular weight is 344 g/mol. The summed E-state index contributed by atoms with van der Waals surface area (Å²) in [7, 11) is 0. The van der Waals surface area contributed by atoms with Crippen molar-refractivity contribution in [1.29, 1.82) is 0 Å². The molecule has 3 nitrogen and oxygen atoms in total. The van der Waals surface area contributed by atoms with Crippen LogP contribution in [0.1, 0.15) is 70.3 Å². The van der Waals surface area contributed by atoms with Crippen molar-refractivity contribution < 1.29 is 9.53 Å². The predicted molar refractivity (Wildman–Crippen MR) is 102 cm³/mol. The largest absolute Gasteiger partial charge is 0.459 e. The smallest absolute Gasteiger partial charge is 0.314 e. The normalized spacial score (nSPS) is 21.7. The number of hydrogen-bond donors (Lipinski definition) is 1. The first-order valence-corrected chi connectivity index (χ1v) is 10.1. The van der Waals surface area contributed by atoms with Gasteiger partial charge in [-0.25, -0.2) is 0 Å². The highest BCUT2D eigenvalue weighted by atomic mass is 16.6. The van der Waals surface area contributed by atoms with Crippen molar-refractivity contribution in [2.75, 3.05) is 13.1 Å².